The third kappa shape index (κ3) is 6.02. The van der Waals surface area contributed by atoms with Crippen LogP contribution in [0.2, 0.25) is 0 Å². The molecule has 0 unspecified atom stereocenters. The number of esters is 1. The van der Waals surface area contributed by atoms with Crippen LogP contribution in [0, 0.1) is 0 Å². The highest BCUT2D eigenvalue weighted by Crippen LogP contribution is 2.28. The van der Waals surface area contributed by atoms with Gasteiger partial charge in [0.15, 0.2) is 6.61 Å². The number of hydrogen-bond acceptors (Lipinski definition) is 6. The standard InChI is InChI=1S/C26H26N2O4S/c1-31-22-9-7-21(8-10-22)27-15-17-28(18-16-27)25(29)19-32-26(30)14-12-23-11-13-24(33-23)20-5-3-2-4-6-20/h2-14H,15-19H2,1H3/b14-12+. The Labute approximate surface area is 197 Å². The third-order valence-corrected chi connectivity index (χ3v) is 6.58. The first-order valence-corrected chi connectivity index (χ1v) is 11.6. The van der Waals surface area contributed by atoms with Gasteiger partial charge in [0.2, 0.25) is 0 Å². The van der Waals surface area contributed by atoms with Crippen LogP contribution in [0.15, 0.2) is 72.8 Å². The Kier molecular flexibility index (Phi) is 7.42. The van der Waals surface area contributed by atoms with Crippen LogP contribution in [0.4, 0.5) is 5.69 Å². The number of carbonyl (C=O) groups excluding carboxylic acids is 2. The van der Waals surface area contributed by atoms with Crippen molar-refractivity contribution < 1.29 is 19.1 Å². The van der Waals surface area contributed by atoms with Gasteiger partial charge in [-0.3, -0.25) is 4.79 Å². The summed E-state index contributed by atoms with van der Waals surface area (Å²) in [6.07, 6.45) is 3.09. The van der Waals surface area contributed by atoms with E-state index >= 15 is 0 Å². The van der Waals surface area contributed by atoms with Gasteiger partial charge in [0.25, 0.3) is 5.91 Å². The number of benzene rings is 2. The second-order valence-electron chi connectivity index (χ2n) is 7.57. The number of anilines is 1. The molecule has 33 heavy (non-hydrogen) atoms. The fourth-order valence-corrected chi connectivity index (χ4v) is 4.55. The Morgan fingerprint density at radius 3 is 2.36 bits per heavy atom. The molecular formula is C26H26N2O4S. The molecule has 2 aromatic carbocycles. The first-order chi connectivity index (χ1) is 16.1. The van der Waals surface area contributed by atoms with Gasteiger partial charge in [-0.15, -0.1) is 11.3 Å². The number of piperazine rings is 1. The van der Waals surface area contributed by atoms with E-state index in [0.717, 1.165) is 39.8 Å². The maximum Gasteiger partial charge on any atom is 0.331 e. The smallest absolute Gasteiger partial charge is 0.331 e. The highest BCUT2D eigenvalue weighted by atomic mass is 32.1. The average molecular weight is 463 g/mol. The molecule has 0 bridgehead atoms. The van der Waals surface area contributed by atoms with Gasteiger partial charge in [-0.2, -0.15) is 0 Å². The van der Waals surface area contributed by atoms with Gasteiger partial charge in [-0.05, 0) is 48.0 Å². The van der Waals surface area contributed by atoms with Crippen LogP contribution >= 0.6 is 11.3 Å². The first-order valence-electron chi connectivity index (χ1n) is 10.8. The van der Waals surface area contributed by atoms with Crippen molar-refractivity contribution in [3.05, 3.63) is 77.7 Å². The number of rotatable bonds is 7. The van der Waals surface area contributed by atoms with E-state index in [2.05, 4.69) is 17.0 Å². The Balaban J connectivity index is 1.21. The highest BCUT2D eigenvalue weighted by Gasteiger charge is 2.22. The number of hydrogen-bond donors (Lipinski definition) is 0. The van der Waals surface area contributed by atoms with Crippen LogP contribution in [-0.4, -0.2) is 56.7 Å². The van der Waals surface area contributed by atoms with E-state index < -0.39 is 5.97 Å². The number of methoxy groups -OCH3 is 1. The second-order valence-corrected chi connectivity index (χ2v) is 8.69. The molecule has 0 N–H and O–H groups in total. The van der Waals surface area contributed by atoms with Crippen LogP contribution in [0.1, 0.15) is 4.88 Å². The average Bonchev–Trinajstić information content (AvgIpc) is 3.36. The summed E-state index contributed by atoms with van der Waals surface area (Å²) in [6, 6.07) is 22.0. The normalized spacial score (nSPS) is 13.8. The number of nitrogens with zero attached hydrogens (tertiary/aromatic N) is 2. The van der Waals surface area contributed by atoms with Crippen molar-refractivity contribution in [2.75, 3.05) is 44.8 Å². The molecule has 0 atom stereocenters. The SMILES string of the molecule is COc1ccc(N2CCN(C(=O)COC(=O)/C=C/c3ccc(-c4ccccc4)s3)CC2)cc1. The minimum absolute atomic E-state index is 0.173. The van der Waals surface area contributed by atoms with Gasteiger partial charge in [-0.1, -0.05) is 30.3 Å². The number of amides is 1. The zero-order chi connectivity index (χ0) is 23.0. The monoisotopic (exact) mass is 462 g/mol. The lowest BCUT2D eigenvalue weighted by Gasteiger charge is -2.36. The molecule has 1 aromatic heterocycles. The number of carbonyl (C=O) groups is 2. The van der Waals surface area contributed by atoms with E-state index in [0.29, 0.717) is 13.1 Å². The Morgan fingerprint density at radius 1 is 0.939 bits per heavy atom. The summed E-state index contributed by atoms with van der Waals surface area (Å²) < 4.78 is 10.4. The third-order valence-electron chi connectivity index (χ3n) is 5.48. The molecule has 0 aliphatic carbocycles. The highest BCUT2D eigenvalue weighted by molar-refractivity contribution is 7.16. The van der Waals surface area contributed by atoms with Gasteiger partial charge in [0, 0.05) is 47.7 Å². The van der Waals surface area contributed by atoms with Gasteiger partial charge < -0.3 is 19.3 Å². The molecule has 3 aromatic rings. The van der Waals surface area contributed by atoms with Crippen molar-refractivity contribution in [3.63, 3.8) is 0 Å². The molecule has 2 heterocycles. The minimum Gasteiger partial charge on any atom is -0.497 e. The number of thiophene rings is 1. The predicted octanol–water partition coefficient (Wildman–Crippen LogP) is 4.33. The molecule has 1 saturated heterocycles. The molecule has 1 aliphatic rings. The van der Waals surface area contributed by atoms with E-state index in [1.807, 2.05) is 54.6 Å². The largest absolute Gasteiger partial charge is 0.497 e. The Hall–Kier alpha value is -3.58. The van der Waals surface area contributed by atoms with Crippen molar-refractivity contribution in [2.45, 2.75) is 0 Å². The van der Waals surface area contributed by atoms with E-state index in [9.17, 15) is 9.59 Å². The quantitative estimate of drug-likeness (QED) is 0.386. The van der Waals surface area contributed by atoms with E-state index in [4.69, 9.17) is 9.47 Å². The summed E-state index contributed by atoms with van der Waals surface area (Å²) in [5.41, 5.74) is 2.24. The molecule has 170 valence electrons. The fraction of sp³-hybridized carbons (Fsp3) is 0.231. The topological polar surface area (TPSA) is 59.1 Å². The van der Waals surface area contributed by atoms with Gasteiger partial charge in [0.05, 0.1) is 7.11 Å². The van der Waals surface area contributed by atoms with Crippen LogP contribution in [0.3, 0.4) is 0 Å². The summed E-state index contributed by atoms with van der Waals surface area (Å²) in [5.74, 6) is 0.127. The Bertz CT molecular complexity index is 1100. The molecule has 1 amide bonds. The van der Waals surface area contributed by atoms with Crippen LogP contribution in [-0.2, 0) is 14.3 Å². The van der Waals surface area contributed by atoms with Crippen LogP contribution < -0.4 is 9.64 Å². The summed E-state index contributed by atoms with van der Waals surface area (Å²) >= 11 is 1.59. The maximum atomic E-state index is 12.5. The zero-order valence-corrected chi connectivity index (χ0v) is 19.3. The molecule has 6 nitrogen and oxygen atoms in total. The predicted molar refractivity (Wildman–Crippen MR) is 132 cm³/mol. The molecule has 1 fully saturated rings. The van der Waals surface area contributed by atoms with Gasteiger partial charge in [-0.25, -0.2) is 4.79 Å². The maximum absolute atomic E-state index is 12.5. The lowest BCUT2D eigenvalue weighted by molar-refractivity contribution is -0.148. The molecule has 0 saturated carbocycles. The van der Waals surface area contributed by atoms with E-state index in [-0.39, 0.29) is 12.5 Å². The number of ether oxygens (including phenoxy) is 2. The molecule has 0 spiro atoms. The van der Waals surface area contributed by atoms with Crippen molar-refractivity contribution in [1.82, 2.24) is 4.90 Å². The van der Waals surface area contributed by atoms with E-state index in [1.165, 1.54) is 6.08 Å². The first kappa shape index (κ1) is 22.6. The van der Waals surface area contributed by atoms with Crippen LogP contribution in [0.5, 0.6) is 5.75 Å². The van der Waals surface area contributed by atoms with Crippen molar-refractivity contribution in [3.8, 4) is 16.2 Å². The van der Waals surface area contributed by atoms with Crippen LogP contribution in [0.25, 0.3) is 16.5 Å². The lowest BCUT2D eigenvalue weighted by Crippen LogP contribution is -2.49. The molecular weight excluding hydrogens is 436 g/mol. The van der Waals surface area contributed by atoms with Crippen molar-refractivity contribution >= 4 is 35.0 Å². The molecule has 7 heteroatoms. The lowest BCUT2D eigenvalue weighted by atomic mass is 10.2. The zero-order valence-electron chi connectivity index (χ0n) is 18.5. The molecule has 0 radical (unpaired) electrons. The van der Waals surface area contributed by atoms with E-state index in [1.54, 1.807) is 29.4 Å². The molecule has 1 aliphatic heterocycles. The Morgan fingerprint density at radius 2 is 1.67 bits per heavy atom. The summed E-state index contributed by atoms with van der Waals surface area (Å²) in [6.45, 7) is 2.40. The second kappa shape index (κ2) is 10.8. The summed E-state index contributed by atoms with van der Waals surface area (Å²) in [4.78, 5) is 30.6. The summed E-state index contributed by atoms with van der Waals surface area (Å²) in [5, 5.41) is 0. The van der Waals surface area contributed by atoms with Gasteiger partial charge in [0.1, 0.15) is 5.75 Å². The fourth-order valence-electron chi connectivity index (χ4n) is 3.63. The van der Waals surface area contributed by atoms with Crippen molar-refractivity contribution in [1.29, 1.82) is 0 Å². The van der Waals surface area contributed by atoms with Gasteiger partial charge >= 0.3 is 5.97 Å². The molecule has 4 rings (SSSR count). The minimum atomic E-state index is -0.519. The van der Waals surface area contributed by atoms with Crippen molar-refractivity contribution in [2.24, 2.45) is 0 Å². The summed E-state index contributed by atoms with van der Waals surface area (Å²) in [7, 11) is 1.64.